The number of oxime groups is 1. The summed E-state index contributed by atoms with van der Waals surface area (Å²) in [5, 5.41) is 12.3. The molecule has 0 bridgehead atoms. The third-order valence-electron chi connectivity index (χ3n) is 1.41. The maximum Gasteiger partial charge on any atom is 0.344 e. The zero-order valence-electron chi connectivity index (χ0n) is 7.48. The Morgan fingerprint density at radius 1 is 1.67 bits per heavy atom. The molecule has 80 valence electrons. The monoisotopic (exact) mass is 291 g/mol. The number of aliphatic carboxylic acids is 1. The molecule has 15 heavy (non-hydrogen) atoms. The maximum absolute atomic E-state index is 10.1. The van der Waals surface area contributed by atoms with Gasteiger partial charge in [0.15, 0.2) is 0 Å². The van der Waals surface area contributed by atoms with Gasteiger partial charge in [0.05, 0.1) is 6.21 Å². The average Bonchev–Trinajstić information content (AvgIpc) is 2.17. The molecule has 4 nitrogen and oxygen atoms in total. The minimum atomic E-state index is -1.07. The predicted molar refractivity (Wildman–Crippen MR) is 60.3 cm³/mol. The van der Waals surface area contributed by atoms with Gasteiger partial charge in [0.2, 0.25) is 6.61 Å². The number of carbonyl (C=O) groups is 1. The minimum absolute atomic E-state index is 0.464. The van der Waals surface area contributed by atoms with Crippen molar-refractivity contribution in [3.63, 3.8) is 0 Å². The van der Waals surface area contributed by atoms with Crippen LogP contribution in [0, 0.1) is 0 Å². The van der Waals surface area contributed by atoms with Crippen molar-refractivity contribution < 1.29 is 14.7 Å². The van der Waals surface area contributed by atoms with E-state index >= 15 is 0 Å². The lowest BCUT2D eigenvalue weighted by molar-refractivity contribution is -0.142. The molecule has 0 radical (unpaired) electrons. The summed E-state index contributed by atoms with van der Waals surface area (Å²) in [6.45, 7) is -0.464. The first-order valence-electron chi connectivity index (χ1n) is 3.92. The van der Waals surface area contributed by atoms with E-state index in [2.05, 4.69) is 25.9 Å². The molecule has 0 amide bonds. The Labute approximate surface area is 99.6 Å². The summed E-state index contributed by atoms with van der Waals surface area (Å²) >= 11 is 9.05. The Morgan fingerprint density at radius 2 is 2.40 bits per heavy atom. The van der Waals surface area contributed by atoms with Crippen molar-refractivity contribution in [1.82, 2.24) is 0 Å². The van der Waals surface area contributed by atoms with E-state index in [0.717, 1.165) is 4.47 Å². The van der Waals surface area contributed by atoms with Crippen LogP contribution >= 0.6 is 27.5 Å². The smallest absolute Gasteiger partial charge is 0.344 e. The van der Waals surface area contributed by atoms with Gasteiger partial charge in [-0.15, -0.1) is 0 Å². The van der Waals surface area contributed by atoms with Crippen LogP contribution in [-0.4, -0.2) is 23.9 Å². The van der Waals surface area contributed by atoms with Crippen LogP contribution in [0.15, 0.2) is 27.8 Å². The van der Waals surface area contributed by atoms with Crippen LogP contribution in [-0.2, 0) is 9.63 Å². The zero-order valence-corrected chi connectivity index (χ0v) is 9.83. The van der Waals surface area contributed by atoms with Crippen LogP contribution in [0.5, 0.6) is 0 Å². The molecule has 1 aromatic carbocycles. The average molecular weight is 293 g/mol. The summed E-state index contributed by atoms with van der Waals surface area (Å²) < 4.78 is 0.801. The van der Waals surface area contributed by atoms with Crippen LogP contribution in [0.4, 0.5) is 0 Å². The quantitative estimate of drug-likeness (QED) is 0.685. The second-order valence-electron chi connectivity index (χ2n) is 2.57. The third-order valence-corrected chi connectivity index (χ3v) is 2.37. The van der Waals surface area contributed by atoms with Crippen LogP contribution in [0.3, 0.4) is 0 Å². The van der Waals surface area contributed by atoms with Crippen LogP contribution in [0.1, 0.15) is 5.56 Å². The van der Waals surface area contributed by atoms with Crippen LogP contribution in [0.2, 0.25) is 5.02 Å². The number of carboxylic acid groups (broad SMARTS) is 1. The van der Waals surface area contributed by atoms with E-state index in [1.807, 2.05) is 0 Å². The number of hydrogen-bond donors (Lipinski definition) is 1. The Balaban J connectivity index is 2.63. The standard InChI is InChI=1S/C9H7BrClNO3/c10-8-2-1-7(11)3-6(8)4-12-15-5-9(13)14/h1-4H,5H2,(H,13,14). The fourth-order valence-corrected chi connectivity index (χ4v) is 1.33. The van der Waals surface area contributed by atoms with Gasteiger partial charge in [0.25, 0.3) is 0 Å². The molecule has 0 saturated heterocycles. The fraction of sp³-hybridized carbons (Fsp3) is 0.111. The molecule has 1 N–H and O–H groups in total. The summed E-state index contributed by atoms with van der Waals surface area (Å²) in [5.41, 5.74) is 0.716. The second kappa shape index (κ2) is 5.72. The van der Waals surface area contributed by atoms with E-state index in [0.29, 0.717) is 10.6 Å². The SMILES string of the molecule is O=C(O)CON=Cc1cc(Cl)ccc1Br. The molecule has 0 heterocycles. The Hall–Kier alpha value is -1.07. The molecular weight excluding hydrogens is 285 g/mol. The molecule has 1 rings (SSSR count). The molecule has 0 spiro atoms. The first kappa shape index (κ1) is 12.0. The zero-order chi connectivity index (χ0) is 11.3. The number of nitrogens with zero attached hydrogens (tertiary/aromatic N) is 1. The lowest BCUT2D eigenvalue weighted by Gasteiger charge is -1.98. The molecule has 0 aliphatic heterocycles. The molecule has 0 atom stereocenters. The van der Waals surface area contributed by atoms with Gasteiger partial charge in [0.1, 0.15) is 0 Å². The highest BCUT2D eigenvalue weighted by atomic mass is 79.9. The number of rotatable bonds is 4. The van der Waals surface area contributed by atoms with E-state index in [9.17, 15) is 4.79 Å². The van der Waals surface area contributed by atoms with E-state index < -0.39 is 12.6 Å². The van der Waals surface area contributed by atoms with Gasteiger partial charge in [0, 0.05) is 15.1 Å². The Bertz CT molecular complexity index is 395. The largest absolute Gasteiger partial charge is 0.479 e. The van der Waals surface area contributed by atoms with Crippen molar-refractivity contribution in [1.29, 1.82) is 0 Å². The topological polar surface area (TPSA) is 58.9 Å². The predicted octanol–water partition coefficient (Wildman–Crippen LogP) is 2.54. The summed E-state index contributed by atoms with van der Waals surface area (Å²) in [5.74, 6) is -1.07. The van der Waals surface area contributed by atoms with Gasteiger partial charge >= 0.3 is 5.97 Å². The number of halogens is 2. The summed E-state index contributed by atoms with van der Waals surface area (Å²) in [6.07, 6.45) is 1.39. The van der Waals surface area contributed by atoms with Crippen LogP contribution < -0.4 is 0 Å². The lowest BCUT2D eigenvalue weighted by Crippen LogP contribution is -2.03. The number of benzene rings is 1. The van der Waals surface area contributed by atoms with Gasteiger partial charge in [-0.2, -0.15) is 0 Å². The van der Waals surface area contributed by atoms with Crippen LogP contribution in [0.25, 0.3) is 0 Å². The highest BCUT2D eigenvalue weighted by molar-refractivity contribution is 9.10. The molecule has 0 saturated carbocycles. The number of hydrogen-bond acceptors (Lipinski definition) is 3. The molecule has 0 fully saturated rings. The summed E-state index contributed by atoms with van der Waals surface area (Å²) in [4.78, 5) is 14.6. The molecule has 0 unspecified atom stereocenters. The first-order valence-corrected chi connectivity index (χ1v) is 5.09. The lowest BCUT2D eigenvalue weighted by atomic mass is 10.2. The highest BCUT2D eigenvalue weighted by Crippen LogP contribution is 2.19. The first-order chi connectivity index (χ1) is 7.09. The summed E-state index contributed by atoms with van der Waals surface area (Å²) in [7, 11) is 0. The third kappa shape index (κ3) is 4.31. The number of carboxylic acids is 1. The molecular formula is C9H7BrClNO3. The molecule has 1 aromatic rings. The summed E-state index contributed by atoms with van der Waals surface area (Å²) in [6, 6.07) is 5.17. The van der Waals surface area contributed by atoms with E-state index in [1.165, 1.54) is 6.21 Å². The van der Waals surface area contributed by atoms with Crippen molar-refractivity contribution in [2.24, 2.45) is 5.16 Å². The molecule has 0 aromatic heterocycles. The minimum Gasteiger partial charge on any atom is -0.479 e. The van der Waals surface area contributed by atoms with Gasteiger partial charge in [-0.05, 0) is 18.2 Å². The van der Waals surface area contributed by atoms with E-state index in [4.69, 9.17) is 16.7 Å². The van der Waals surface area contributed by atoms with Gasteiger partial charge in [-0.1, -0.05) is 32.7 Å². The fourth-order valence-electron chi connectivity index (χ4n) is 0.800. The normalized spacial score (nSPS) is 10.5. The Morgan fingerprint density at radius 3 is 3.07 bits per heavy atom. The highest BCUT2D eigenvalue weighted by Gasteiger charge is 1.98. The van der Waals surface area contributed by atoms with E-state index in [-0.39, 0.29) is 0 Å². The molecule has 6 heteroatoms. The Kier molecular flexibility index (Phi) is 4.58. The molecule has 0 aliphatic rings. The van der Waals surface area contributed by atoms with Crippen molar-refractivity contribution in [3.8, 4) is 0 Å². The van der Waals surface area contributed by atoms with Gasteiger partial charge < -0.3 is 9.94 Å². The van der Waals surface area contributed by atoms with Crippen molar-refractivity contribution in [3.05, 3.63) is 33.3 Å². The van der Waals surface area contributed by atoms with Crippen molar-refractivity contribution in [2.75, 3.05) is 6.61 Å². The van der Waals surface area contributed by atoms with Gasteiger partial charge in [-0.3, -0.25) is 0 Å². The molecule has 0 aliphatic carbocycles. The second-order valence-corrected chi connectivity index (χ2v) is 3.86. The van der Waals surface area contributed by atoms with Gasteiger partial charge in [-0.25, -0.2) is 4.79 Å². The van der Waals surface area contributed by atoms with E-state index in [1.54, 1.807) is 18.2 Å². The maximum atomic E-state index is 10.1. The van der Waals surface area contributed by atoms with Crippen molar-refractivity contribution in [2.45, 2.75) is 0 Å². The van der Waals surface area contributed by atoms with Crippen molar-refractivity contribution >= 4 is 39.7 Å².